The van der Waals surface area contributed by atoms with Crippen LogP contribution in [0.2, 0.25) is 0 Å². The smallest absolute Gasteiger partial charge is 0.0541 e. The Labute approximate surface area is 449 Å². The highest BCUT2D eigenvalue weighted by atomic mass is 15.1. The van der Waals surface area contributed by atoms with E-state index in [2.05, 4.69) is 319 Å². The van der Waals surface area contributed by atoms with E-state index in [4.69, 9.17) is 0 Å². The first-order chi connectivity index (χ1) is 38.2. The van der Waals surface area contributed by atoms with Gasteiger partial charge in [0.05, 0.1) is 16.7 Å². The molecule has 1 aromatic heterocycles. The van der Waals surface area contributed by atoms with Crippen LogP contribution >= 0.6 is 0 Å². The average molecular weight is 981 g/mol. The first kappa shape index (κ1) is 45.6. The van der Waals surface area contributed by atoms with E-state index in [-0.39, 0.29) is 5.92 Å². The van der Waals surface area contributed by atoms with Crippen LogP contribution < -0.4 is 4.90 Å². The van der Waals surface area contributed by atoms with Crippen molar-refractivity contribution >= 4 is 60.4 Å². The Morgan fingerprint density at radius 2 is 0.649 bits per heavy atom. The molecule has 77 heavy (non-hydrogen) atoms. The Morgan fingerprint density at radius 3 is 1.16 bits per heavy atom. The van der Waals surface area contributed by atoms with Crippen LogP contribution in [0.4, 0.5) is 17.1 Å². The number of benzene rings is 13. The maximum Gasteiger partial charge on any atom is 0.0541 e. The van der Waals surface area contributed by atoms with Crippen molar-refractivity contribution in [2.75, 3.05) is 4.90 Å². The zero-order chi connectivity index (χ0) is 51.1. The standard InChI is InChI=1S/C75H52N2/c1-6-24-52(25-7-1)73(53-26-8-2-9-27-53)63-36-17-16-34-61(63)56-44-48-71-68(50-56)69-51-57(62-35-22-23-41-70(62)76(58-30-12-4-13-31-58)59-32-14-5-15-33-59)45-49-72(69)77(71)60-46-42-55(43-47-60)75-66-39-20-18-37-64(66)74(54-28-10-3-11-29-54)65-38-19-21-40-67(65)75/h1-51,73H. The lowest BCUT2D eigenvalue weighted by molar-refractivity contribution is 0.980. The third-order valence-corrected chi connectivity index (χ3v) is 15.5. The summed E-state index contributed by atoms with van der Waals surface area (Å²) < 4.78 is 2.46. The molecule has 0 unspecified atom stereocenters. The molecule has 0 aliphatic rings. The van der Waals surface area contributed by atoms with Crippen LogP contribution in [-0.2, 0) is 0 Å². The molecule has 0 fully saturated rings. The van der Waals surface area contributed by atoms with E-state index >= 15 is 0 Å². The Hall–Kier alpha value is -10.0. The number of rotatable bonds is 11. The summed E-state index contributed by atoms with van der Waals surface area (Å²) in [7, 11) is 0. The molecule has 0 amide bonds. The van der Waals surface area contributed by atoms with Crippen LogP contribution in [0.1, 0.15) is 22.6 Å². The van der Waals surface area contributed by atoms with Gasteiger partial charge in [-0.05, 0) is 144 Å². The van der Waals surface area contributed by atoms with E-state index in [9.17, 15) is 0 Å². The number of para-hydroxylation sites is 3. The van der Waals surface area contributed by atoms with Crippen molar-refractivity contribution in [1.82, 2.24) is 4.57 Å². The van der Waals surface area contributed by atoms with Gasteiger partial charge >= 0.3 is 0 Å². The van der Waals surface area contributed by atoms with Gasteiger partial charge in [0.15, 0.2) is 0 Å². The molecule has 13 aromatic carbocycles. The minimum Gasteiger partial charge on any atom is -0.310 e. The molecule has 2 heteroatoms. The molecule has 0 saturated carbocycles. The molecule has 0 aliphatic carbocycles. The third kappa shape index (κ3) is 8.16. The summed E-state index contributed by atoms with van der Waals surface area (Å²) in [5.41, 5.74) is 20.2. The normalized spacial score (nSPS) is 11.5. The predicted molar refractivity (Wildman–Crippen MR) is 326 cm³/mol. The maximum absolute atomic E-state index is 2.46. The molecule has 0 N–H and O–H groups in total. The fourth-order valence-corrected chi connectivity index (χ4v) is 12.1. The van der Waals surface area contributed by atoms with Crippen LogP contribution in [0.5, 0.6) is 0 Å². The van der Waals surface area contributed by atoms with Crippen molar-refractivity contribution in [2.45, 2.75) is 5.92 Å². The van der Waals surface area contributed by atoms with Crippen molar-refractivity contribution in [3.63, 3.8) is 0 Å². The van der Waals surface area contributed by atoms with Gasteiger partial charge in [0, 0.05) is 39.3 Å². The molecular weight excluding hydrogens is 929 g/mol. The van der Waals surface area contributed by atoms with Gasteiger partial charge in [-0.2, -0.15) is 0 Å². The zero-order valence-corrected chi connectivity index (χ0v) is 42.4. The van der Waals surface area contributed by atoms with Gasteiger partial charge in [-0.1, -0.05) is 243 Å². The topological polar surface area (TPSA) is 8.17 Å². The molecule has 0 saturated heterocycles. The molecule has 1 heterocycles. The fourth-order valence-electron chi connectivity index (χ4n) is 12.1. The van der Waals surface area contributed by atoms with Gasteiger partial charge in [-0.15, -0.1) is 0 Å². The van der Waals surface area contributed by atoms with E-state index < -0.39 is 0 Å². The zero-order valence-electron chi connectivity index (χ0n) is 42.4. The first-order valence-electron chi connectivity index (χ1n) is 26.6. The van der Waals surface area contributed by atoms with Crippen molar-refractivity contribution in [3.8, 4) is 50.2 Å². The Balaban J connectivity index is 0.967. The number of nitrogens with zero attached hydrogens (tertiary/aromatic N) is 2. The highest BCUT2D eigenvalue weighted by molar-refractivity contribution is 6.21. The number of hydrogen-bond acceptors (Lipinski definition) is 1. The van der Waals surface area contributed by atoms with Crippen molar-refractivity contribution < 1.29 is 0 Å². The summed E-state index contributed by atoms with van der Waals surface area (Å²) in [6.07, 6.45) is 0. The summed E-state index contributed by atoms with van der Waals surface area (Å²) in [5.74, 6) is 0.0493. The summed E-state index contributed by atoms with van der Waals surface area (Å²) in [6.45, 7) is 0. The summed E-state index contributed by atoms with van der Waals surface area (Å²) in [6, 6.07) is 113. The highest BCUT2D eigenvalue weighted by Crippen LogP contribution is 2.47. The Bertz CT molecular complexity index is 4090. The fraction of sp³-hybridized carbons (Fsp3) is 0.0133. The largest absolute Gasteiger partial charge is 0.310 e. The van der Waals surface area contributed by atoms with E-state index in [0.717, 1.165) is 44.9 Å². The SMILES string of the molecule is c1ccc(-c2c3ccccc3c(-c3ccc(-n4c5ccc(-c6ccccc6C(c6ccccc6)c6ccccc6)cc5c5cc(-c6ccccc6N(c6ccccc6)c6ccccc6)ccc54)cc3)c3ccccc23)cc1. The molecule has 362 valence electrons. The van der Waals surface area contributed by atoms with Crippen LogP contribution in [0.15, 0.2) is 309 Å². The van der Waals surface area contributed by atoms with Gasteiger partial charge in [-0.3, -0.25) is 0 Å². The van der Waals surface area contributed by atoms with Gasteiger partial charge < -0.3 is 9.47 Å². The molecule has 0 radical (unpaired) electrons. The summed E-state index contributed by atoms with van der Waals surface area (Å²) >= 11 is 0. The molecule has 0 bridgehead atoms. The second-order valence-electron chi connectivity index (χ2n) is 19.9. The quantitative estimate of drug-likeness (QED) is 0.0926. The van der Waals surface area contributed by atoms with Gasteiger partial charge in [0.1, 0.15) is 0 Å². The highest BCUT2D eigenvalue weighted by Gasteiger charge is 2.24. The lowest BCUT2D eigenvalue weighted by Gasteiger charge is -2.27. The number of fused-ring (bicyclic) bond motifs is 5. The van der Waals surface area contributed by atoms with Crippen molar-refractivity contribution in [1.29, 1.82) is 0 Å². The van der Waals surface area contributed by atoms with E-state index in [1.54, 1.807) is 0 Å². The van der Waals surface area contributed by atoms with E-state index in [0.29, 0.717) is 0 Å². The number of hydrogen-bond donors (Lipinski definition) is 0. The molecule has 0 spiro atoms. The first-order valence-corrected chi connectivity index (χ1v) is 26.6. The van der Waals surface area contributed by atoms with Crippen LogP contribution in [0, 0.1) is 0 Å². The van der Waals surface area contributed by atoms with E-state index in [1.165, 1.54) is 82.4 Å². The van der Waals surface area contributed by atoms with Crippen LogP contribution in [-0.4, -0.2) is 4.57 Å². The lowest BCUT2D eigenvalue weighted by atomic mass is 9.81. The lowest BCUT2D eigenvalue weighted by Crippen LogP contribution is -2.10. The van der Waals surface area contributed by atoms with Gasteiger partial charge in [0.25, 0.3) is 0 Å². The van der Waals surface area contributed by atoms with Crippen LogP contribution in [0.25, 0.3) is 93.5 Å². The Kier molecular flexibility index (Phi) is 11.7. The molecule has 0 atom stereocenters. The monoisotopic (exact) mass is 980 g/mol. The molecular formula is C75H52N2. The summed E-state index contributed by atoms with van der Waals surface area (Å²) in [4.78, 5) is 2.37. The predicted octanol–water partition coefficient (Wildman–Crippen LogP) is 20.4. The molecule has 14 rings (SSSR count). The van der Waals surface area contributed by atoms with Crippen molar-refractivity contribution in [2.24, 2.45) is 0 Å². The summed E-state index contributed by atoms with van der Waals surface area (Å²) in [5, 5.41) is 7.39. The number of aromatic nitrogens is 1. The Morgan fingerprint density at radius 1 is 0.273 bits per heavy atom. The van der Waals surface area contributed by atoms with Crippen LogP contribution in [0.3, 0.4) is 0 Å². The molecule has 2 nitrogen and oxygen atoms in total. The molecule has 14 aromatic rings. The second kappa shape index (κ2) is 19.7. The van der Waals surface area contributed by atoms with Gasteiger partial charge in [0.2, 0.25) is 0 Å². The van der Waals surface area contributed by atoms with Crippen molar-refractivity contribution in [3.05, 3.63) is 326 Å². The maximum atomic E-state index is 2.46. The minimum atomic E-state index is 0.0493. The third-order valence-electron chi connectivity index (χ3n) is 15.5. The number of anilines is 3. The minimum absolute atomic E-state index is 0.0493. The van der Waals surface area contributed by atoms with Gasteiger partial charge in [-0.25, -0.2) is 0 Å². The van der Waals surface area contributed by atoms with E-state index in [1.807, 2.05) is 0 Å². The molecule has 0 aliphatic heterocycles. The average Bonchev–Trinajstić information content (AvgIpc) is 3.95. The second-order valence-corrected chi connectivity index (χ2v) is 19.9.